The predicted octanol–water partition coefficient (Wildman–Crippen LogP) is 4.60. The molecule has 3 rings (SSSR count). The summed E-state index contributed by atoms with van der Waals surface area (Å²) >= 11 is 0. The van der Waals surface area contributed by atoms with Crippen LogP contribution in [0.3, 0.4) is 0 Å². The molecule has 2 amide bonds. The van der Waals surface area contributed by atoms with Crippen molar-refractivity contribution in [2.75, 3.05) is 10.8 Å². The van der Waals surface area contributed by atoms with Crippen LogP contribution in [0.1, 0.15) is 39.2 Å². The molecule has 196 valence electrons. The minimum absolute atomic E-state index is 0.0468. The molecule has 0 saturated heterocycles. The van der Waals surface area contributed by atoms with E-state index in [2.05, 4.69) is 5.32 Å². The lowest BCUT2D eigenvalue weighted by atomic mass is 10.1. The highest BCUT2D eigenvalue weighted by molar-refractivity contribution is 7.92. The smallest absolute Gasteiger partial charge is 0.264 e. The highest BCUT2D eigenvalue weighted by Gasteiger charge is 2.33. The van der Waals surface area contributed by atoms with Gasteiger partial charge in [-0.15, -0.1) is 0 Å². The van der Waals surface area contributed by atoms with Crippen LogP contribution in [0.2, 0.25) is 0 Å². The van der Waals surface area contributed by atoms with Crippen molar-refractivity contribution in [2.24, 2.45) is 0 Å². The van der Waals surface area contributed by atoms with Crippen LogP contribution >= 0.6 is 0 Å². The number of carbonyl (C=O) groups is 2. The normalized spacial score (nSPS) is 12.8. The molecule has 0 heterocycles. The second-order valence-corrected chi connectivity index (χ2v) is 10.8. The van der Waals surface area contributed by atoms with Crippen LogP contribution < -0.4 is 9.62 Å². The van der Waals surface area contributed by atoms with E-state index in [1.807, 2.05) is 51.1 Å². The number of benzene rings is 3. The molecule has 0 aromatic heterocycles. The number of hydrogen-bond acceptors (Lipinski definition) is 4. The van der Waals surface area contributed by atoms with Crippen molar-refractivity contribution < 1.29 is 18.0 Å². The van der Waals surface area contributed by atoms with Gasteiger partial charge in [0.1, 0.15) is 12.6 Å². The number of nitrogens with one attached hydrogen (secondary N) is 1. The van der Waals surface area contributed by atoms with Crippen molar-refractivity contribution >= 4 is 27.5 Å². The molecule has 0 radical (unpaired) electrons. The second kappa shape index (κ2) is 13.1. The predicted molar refractivity (Wildman–Crippen MR) is 146 cm³/mol. The first kappa shape index (κ1) is 27.9. The van der Waals surface area contributed by atoms with Crippen LogP contribution in [-0.2, 0) is 26.2 Å². The van der Waals surface area contributed by atoms with Crippen LogP contribution in [0.15, 0.2) is 95.9 Å². The van der Waals surface area contributed by atoms with Crippen LogP contribution in [0, 0.1) is 0 Å². The minimum Gasteiger partial charge on any atom is -0.352 e. The summed E-state index contributed by atoms with van der Waals surface area (Å²) in [5, 5.41) is 2.98. The Labute approximate surface area is 220 Å². The van der Waals surface area contributed by atoms with Crippen LogP contribution in [0.5, 0.6) is 0 Å². The zero-order valence-corrected chi connectivity index (χ0v) is 22.4. The topological polar surface area (TPSA) is 86.8 Å². The third-order valence-electron chi connectivity index (χ3n) is 6.24. The van der Waals surface area contributed by atoms with Crippen LogP contribution in [0.4, 0.5) is 5.69 Å². The number of para-hydroxylation sites is 1. The molecule has 1 N–H and O–H groups in total. The fourth-order valence-electron chi connectivity index (χ4n) is 3.98. The van der Waals surface area contributed by atoms with Gasteiger partial charge in [0.05, 0.1) is 10.6 Å². The molecule has 0 saturated carbocycles. The van der Waals surface area contributed by atoms with Gasteiger partial charge in [-0.1, -0.05) is 80.6 Å². The molecule has 2 atom stereocenters. The van der Waals surface area contributed by atoms with Gasteiger partial charge in [-0.25, -0.2) is 8.42 Å². The Morgan fingerprint density at radius 3 is 1.89 bits per heavy atom. The van der Waals surface area contributed by atoms with E-state index < -0.39 is 28.5 Å². The quantitative estimate of drug-likeness (QED) is 0.377. The SMILES string of the molecule is CCC(C)NC(=O)C(CC)N(Cc1ccccc1)C(=O)CN(c1ccccc1)S(=O)(=O)c1ccccc1. The van der Waals surface area contributed by atoms with Gasteiger partial charge in [0.15, 0.2) is 0 Å². The Morgan fingerprint density at radius 1 is 0.811 bits per heavy atom. The van der Waals surface area contributed by atoms with Gasteiger partial charge in [0.2, 0.25) is 11.8 Å². The molecule has 0 aliphatic rings. The highest BCUT2D eigenvalue weighted by Crippen LogP contribution is 2.24. The average molecular weight is 522 g/mol. The first-order chi connectivity index (χ1) is 17.8. The Balaban J connectivity index is 2.00. The van der Waals surface area contributed by atoms with Gasteiger partial charge >= 0.3 is 0 Å². The highest BCUT2D eigenvalue weighted by atomic mass is 32.2. The number of sulfonamides is 1. The number of rotatable bonds is 12. The summed E-state index contributed by atoms with van der Waals surface area (Å²) in [5.74, 6) is -0.711. The monoisotopic (exact) mass is 521 g/mol. The summed E-state index contributed by atoms with van der Waals surface area (Å²) in [4.78, 5) is 28.7. The first-order valence-electron chi connectivity index (χ1n) is 12.5. The van der Waals surface area contributed by atoms with Gasteiger partial charge in [-0.2, -0.15) is 0 Å². The van der Waals surface area contributed by atoms with Crippen molar-refractivity contribution in [3.05, 3.63) is 96.6 Å². The Bertz CT molecular complexity index is 1250. The van der Waals surface area contributed by atoms with Gasteiger partial charge in [0.25, 0.3) is 10.0 Å². The van der Waals surface area contributed by atoms with Crippen LogP contribution in [0.25, 0.3) is 0 Å². The molecule has 37 heavy (non-hydrogen) atoms. The van der Waals surface area contributed by atoms with Gasteiger partial charge in [-0.05, 0) is 49.6 Å². The van der Waals surface area contributed by atoms with Gasteiger partial charge in [-0.3, -0.25) is 13.9 Å². The molecule has 0 spiro atoms. The van der Waals surface area contributed by atoms with E-state index in [1.54, 1.807) is 48.5 Å². The third-order valence-corrected chi connectivity index (χ3v) is 8.03. The molecule has 7 nitrogen and oxygen atoms in total. The molecule has 0 fully saturated rings. The Hall–Kier alpha value is -3.65. The number of carbonyl (C=O) groups excluding carboxylic acids is 2. The summed E-state index contributed by atoms with van der Waals surface area (Å²) < 4.78 is 28.5. The zero-order valence-electron chi connectivity index (χ0n) is 21.6. The summed E-state index contributed by atoms with van der Waals surface area (Å²) in [6.45, 7) is 5.48. The van der Waals surface area contributed by atoms with Crippen LogP contribution in [-0.4, -0.2) is 43.8 Å². The number of anilines is 1. The molecule has 3 aromatic rings. The lowest BCUT2D eigenvalue weighted by Gasteiger charge is -2.33. The van der Waals surface area contributed by atoms with Gasteiger partial charge in [0, 0.05) is 12.6 Å². The molecule has 2 unspecified atom stereocenters. The lowest BCUT2D eigenvalue weighted by molar-refractivity contribution is -0.140. The van der Waals surface area contributed by atoms with E-state index >= 15 is 0 Å². The van der Waals surface area contributed by atoms with E-state index in [9.17, 15) is 18.0 Å². The standard InChI is InChI=1S/C29H35N3O4S/c1-4-23(3)30-29(34)27(5-2)31(21-24-15-9-6-10-16-24)28(33)22-32(25-17-11-7-12-18-25)37(35,36)26-19-13-8-14-20-26/h6-20,23,27H,4-5,21-22H2,1-3H3,(H,30,34). The molecule has 0 aliphatic heterocycles. The van der Waals surface area contributed by atoms with E-state index in [0.29, 0.717) is 12.1 Å². The van der Waals surface area contributed by atoms with E-state index in [1.165, 1.54) is 17.0 Å². The maximum absolute atomic E-state index is 13.9. The average Bonchev–Trinajstić information content (AvgIpc) is 2.92. The Kier molecular flexibility index (Phi) is 9.85. The minimum atomic E-state index is -4.05. The lowest BCUT2D eigenvalue weighted by Crippen LogP contribution is -2.53. The maximum Gasteiger partial charge on any atom is 0.264 e. The second-order valence-electron chi connectivity index (χ2n) is 8.91. The first-order valence-corrected chi connectivity index (χ1v) is 14.0. The Morgan fingerprint density at radius 2 is 1.35 bits per heavy atom. The molecule has 3 aromatic carbocycles. The largest absolute Gasteiger partial charge is 0.352 e. The number of nitrogens with zero attached hydrogens (tertiary/aromatic N) is 2. The molecule has 8 heteroatoms. The van der Waals surface area contributed by atoms with Crippen molar-refractivity contribution in [1.29, 1.82) is 0 Å². The molecule has 0 aliphatic carbocycles. The van der Waals surface area contributed by atoms with E-state index in [-0.39, 0.29) is 23.4 Å². The fraction of sp³-hybridized carbons (Fsp3) is 0.310. The molecule has 0 bridgehead atoms. The maximum atomic E-state index is 13.9. The number of hydrogen-bond donors (Lipinski definition) is 1. The molecular formula is C29H35N3O4S. The third kappa shape index (κ3) is 7.20. The van der Waals surface area contributed by atoms with E-state index in [0.717, 1.165) is 16.3 Å². The summed E-state index contributed by atoms with van der Waals surface area (Å²) in [5.41, 5.74) is 1.22. The summed E-state index contributed by atoms with van der Waals surface area (Å²) in [6.07, 6.45) is 1.14. The fourth-order valence-corrected chi connectivity index (χ4v) is 5.42. The summed E-state index contributed by atoms with van der Waals surface area (Å²) in [7, 11) is -4.05. The van der Waals surface area contributed by atoms with Crippen molar-refractivity contribution in [2.45, 2.75) is 57.1 Å². The molecular weight excluding hydrogens is 486 g/mol. The summed E-state index contributed by atoms with van der Waals surface area (Å²) in [6, 6.07) is 25.2. The van der Waals surface area contributed by atoms with Gasteiger partial charge < -0.3 is 10.2 Å². The number of amides is 2. The van der Waals surface area contributed by atoms with Crippen molar-refractivity contribution in [1.82, 2.24) is 10.2 Å². The van der Waals surface area contributed by atoms with Crippen molar-refractivity contribution in [3.63, 3.8) is 0 Å². The zero-order chi connectivity index (χ0) is 26.8. The van der Waals surface area contributed by atoms with Crippen molar-refractivity contribution in [3.8, 4) is 0 Å². The van der Waals surface area contributed by atoms with E-state index in [4.69, 9.17) is 0 Å².